The van der Waals surface area contributed by atoms with Gasteiger partial charge in [-0.2, -0.15) is 0 Å². The van der Waals surface area contributed by atoms with Gasteiger partial charge in [0.25, 0.3) is 0 Å². The molecule has 0 bridgehead atoms. The average molecular weight is 1230 g/mol. The van der Waals surface area contributed by atoms with Gasteiger partial charge in [0.05, 0.1) is 44.3 Å². The third-order valence-corrected chi connectivity index (χ3v) is 20.9. The minimum Gasteiger partial charge on any atom is -0.457 e. The maximum atomic E-state index is 7.02. The van der Waals surface area contributed by atoms with Crippen LogP contribution in [0.2, 0.25) is 0 Å². The average Bonchev–Trinajstić information content (AvgIpc) is 1.53. The molecule has 2 spiro atoms. The SMILES string of the molecule is c1ccc(-c2nc(-c3ccccc3)nc(-c3ccc4c(c3)C3(c5ccccc5-4)c4ccccc4-c4ccc(-c5cc6cccnc6c6nc(-c7ccc8c(c7)C7(c9ccccc9O8)c8ccccc8-c8ccc(-c9ccc%10ccc%11cccnc%11c%10n9)cc87)ccc56)cc43)n2)cc1. The topological polar surface area (TPSA) is 99.5 Å². The number of ether oxygens (including phenoxy) is 1. The molecule has 97 heavy (non-hydrogen) atoms. The molecular formula is C89H51N7O. The molecule has 0 radical (unpaired) electrons. The molecule has 0 fully saturated rings. The van der Waals surface area contributed by atoms with Crippen molar-refractivity contribution < 1.29 is 4.74 Å². The van der Waals surface area contributed by atoms with Crippen molar-refractivity contribution in [3.8, 4) is 113 Å². The Morgan fingerprint density at radius 3 is 1.28 bits per heavy atom. The van der Waals surface area contributed by atoms with E-state index in [4.69, 9.17) is 39.6 Å². The maximum absolute atomic E-state index is 7.02. The molecule has 448 valence electrons. The Kier molecular flexibility index (Phi) is 11.2. The molecule has 12 aromatic carbocycles. The van der Waals surface area contributed by atoms with Gasteiger partial charge in [0.15, 0.2) is 17.5 Å². The lowest BCUT2D eigenvalue weighted by Gasteiger charge is -2.39. The van der Waals surface area contributed by atoms with Gasteiger partial charge in [-0.1, -0.05) is 218 Å². The van der Waals surface area contributed by atoms with Gasteiger partial charge in [0.1, 0.15) is 11.5 Å². The molecule has 0 saturated carbocycles. The predicted octanol–water partition coefficient (Wildman–Crippen LogP) is 20.9. The van der Waals surface area contributed by atoms with E-state index in [1.807, 2.05) is 60.9 Å². The Hall–Kier alpha value is -12.9. The van der Waals surface area contributed by atoms with Gasteiger partial charge in [-0.3, -0.25) is 9.97 Å². The lowest BCUT2D eigenvalue weighted by Crippen LogP contribution is -2.32. The minimum atomic E-state index is -0.761. The number of para-hydroxylation sites is 1. The highest BCUT2D eigenvalue weighted by Crippen LogP contribution is 2.65. The van der Waals surface area contributed by atoms with Crippen LogP contribution in [0, 0.1) is 0 Å². The van der Waals surface area contributed by atoms with Crippen LogP contribution in [-0.4, -0.2) is 34.9 Å². The van der Waals surface area contributed by atoms with Crippen molar-refractivity contribution in [1.82, 2.24) is 34.9 Å². The summed E-state index contributed by atoms with van der Waals surface area (Å²) < 4.78 is 7.02. The Balaban J connectivity index is 0.730. The van der Waals surface area contributed by atoms with Crippen molar-refractivity contribution in [2.24, 2.45) is 0 Å². The second-order valence-electron chi connectivity index (χ2n) is 25.8. The zero-order valence-electron chi connectivity index (χ0n) is 52.0. The third kappa shape index (κ3) is 7.60. The van der Waals surface area contributed by atoms with Crippen LogP contribution < -0.4 is 4.74 Å². The van der Waals surface area contributed by atoms with Gasteiger partial charge in [-0.25, -0.2) is 24.9 Å². The molecule has 2 unspecified atom stereocenters. The number of benzene rings is 12. The largest absolute Gasteiger partial charge is 0.457 e. The van der Waals surface area contributed by atoms with E-state index in [9.17, 15) is 0 Å². The van der Waals surface area contributed by atoms with Crippen LogP contribution in [0.15, 0.2) is 310 Å². The molecule has 2 atom stereocenters. The van der Waals surface area contributed by atoms with Gasteiger partial charge in [0, 0.05) is 72.9 Å². The molecule has 3 aliphatic carbocycles. The van der Waals surface area contributed by atoms with Crippen LogP contribution >= 0.6 is 0 Å². The molecule has 21 rings (SSSR count). The predicted molar refractivity (Wildman–Crippen MR) is 387 cm³/mol. The van der Waals surface area contributed by atoms with Gasteiger partial charge >= 0.3 is 0 Å². The standard InChI is InChI=1S/C89H51N7O/c1-3-17-54(18-4-1)85-94-86(55-19-5-2-6-20-55)96-87(95-85)60-35-40-66-62-24-8-11-27-70(62)88(75(66)51-60)69-26-10-7-23-61(69)64-38-33-56(48-73(64)88)68-47-59-22-16-46-91-82(59)84-67(68)41-43-78(93-84)58-37-44-80-76(50-58)89(72-29-13-14-30-79(72)97-80)71-28-12-9-25-63(71)65-39-34-57(49-74(65)89)77-42-36-53-32-31-52-21-15-45-90-81(52)83(53)92-77/h1-51H. The highest BCUT2D eigenvalue weighted by molar-refractivity contribution is 6.11. The first-order valence-electron chi connectivity index (χ1n) is 32.9. The molecule has 0 N–H and O–H groups in total. The number of nitrogens with zero attached hydrogens (tertiary/aromatic N) is 7. The highest BCUT2D eigenvalue weighted by Gasteiger charge is 2.53. The van der Waals surface area contributed by atoms with E-state index in [0.29, 0.717) is 17.5 Å². The summed E-state index contributed by atoms with van der Waals surface area (Å²) in [5, 5.41) is 4.13. The first kappa shape index (κ1) is 53.6. The van der Waals surface area contributed by atoms with Gasteiger partial charge in [0.2, 0.25) is 0 Å². The molecule has 6 heterocycles. The van der Waals surface area contributed by atoms with Crippen molar-refractivity contribution in [3.05, 3.63) is 354 Å². The van der Waals surface area contributed by atoms with Crippen molar-refractivity contribution >= 4 is 43.6 Å². The van der Waals surface area contributed by atoms with E-state index < -0.39 is 10.8 Å². The normalized spacial score (nSPS) is 15.6. The summed E-state index contributed by atoms with van der Waals surface area (Å²) in [5.41, 5.74) is 27.2. The summed E-state index contributed by atoms with van der Waals surface area (Å²) in [6.45, 7) is 0. The van der Waals surface area contributed by atoms with E-state index in [1.54, 1.807) is 0 Å². The number of fused-ring (bicyclic) bond motifs is 25. The fourth-order valence-electron chi connectivity index (χ4n) is 16.7. The summed E-state index contributed by atoms with van der Waals surface area (Å²) in [6.07, 6.45) is 3.73. The molecule has 1 aliphatic heterocycles. The van der Waals surface area contributed by atoms with Crippen molar-refractivity contribution in [2.45, 2.75) is 10.8 Å². The summed E-state index contributed by atoms with van der Waals surface area (Å²) in [5.74, 6) is 3.49. The fourth-order valence-corrected chi connectivity index (χ4v) is 16.7. The quantitative estimate of drug-likeness (QED) is 0.152. The second kappa shape index (κ2) is 20.3. The minimum absolute atomic E-state index is 0.615. The number of aromatic nitrogens is 7. The van der Waals surface area contributed by atoms with E-state index in [1.165, 1.54) is 66.8 Å². The van der Waals surface area contributed by atoms with Crippen LogP contribution in [0.3, 0.4) is 0 Å². The van der Waals surface area contributed by atoms with Crippen molar-refractivity contribution in [2.75, 3.05) is 0 Å². The van der Waals surface area contributed by atoms with E-state index in [-0.39, 0.29) is 0 Å². The number of hydrogen-bond acceptors (Lipinski definition) is 8. The van der Waals surface area contributed by atoms with Gasteiger partial charge < -0.3 is 4.74 Å². The van der Waals surface area contributed by atoms with Crippen LogP contribution in [0.1, 0.15) is 44.5 Å². The van der Waals surface area contributed by atoms with E-state index in [2.05, 4.69) is 249 Å². The number of pyridine rings is 4. The Labute approximate surface area is 557 Å². The number of rotatable bonds is 6. The Morgan fingerprint density at radius 2 is 0.649 bits per heavy atom. The first-order valence-corrected chi connectivity index (χ1v) is 32.9. The molecule has 17 aromatic rings. The number of hydrogen-bond donors (Lipinski definition) is 0. The molecule has 5 aromatic heterocycles. The van der Waals surface area contributed by atoms with Crippen LogP contribution in [0.4, 0.5) is 0 Å². The monoisotopic (exact) mass is 1230 g/mol. The second-order valence-corrected chi connectivity index (χ2v) is 25.8. The van der Waals surface area contributed by atoms with Crippen LogP contribution in [-0.2, 0) is 10.8 Å². The zero-order valence-corrected chi connectivity index (χ0v) is 52.0. The molecule has 4 aliphatic rings. The smallest absolute Gasteiger partial charge is 0.164 e. The summed E-state index contributed by atoms with van der Waals surface area (Å²) >= 11 is 0. The fraction of sp³-hybridized carbons (Fsp3) is 0.0225. The molecular weight excluding hydrogens is 1180 g/mol. The van der Waals surface area contributed by atoms with Gasteiger partial charge in [-0.15, -0.1) is 0 Å². The van der Waals surface area contributed by atoms with Crippen LogP contribution in [0.25, 0.3) is 145 Å². The molecule has 8 heteroatoms. The highest BCUT2D eigenvalue weighted by atomic mass is 16.5. The van der Waals surface area contributed by atoms with Crippen molar-refractivity contribution in [1.29, 1.82) is 0 Å². The Bertz CT molecular complexity index is 6200. The lowest BCUT2D eigenvalue weighted by atomic mass is 9.65. The zero-order chi connectivity index (χ0) is 63.5. The van der Waals surface area contributed by atoms with Crippen LogP contribution in [0.5, 0.6) is 11.5 Å². The third-order valence-electron chi connectivity index (χ3n) is 20.9. The lowest BCUT2D eigenvalue weighted by molar-refractivity contribution is 0.436. The summed E-state index contributed by atoms with van der Waals surface area (Å²) in [6, 6.07) is 107. The van der Waals surface area contributed by atoms with Gasteiger partial charge in [-0.05, 0) is 157 Å². The van der Waals surface area contributed by atoms with E-state index >= 15 is 0 Å². The maximum Gasteiger partial charge on any atom is 0.164 e. The summed E-state index contributed by atoms with van der Waals surface area (Å²) in [7, 11) is 0. The van der Waals surface area contributed by atoms with Crippen molar-refractivity contribution in [3.63, 3.8) is 0 Å². The summed E-state index contributed by atoms with van der Waals surface area (Å²) in [4.78, 5) is 36.6. The molecule has 8 nitrogen and oxygen atoms in total. The first-order chi connectivity index (χ1) is 48.0. The molecule has 0 amide bonds. The Morgan fingerprint density at radius 1 is 0.227 bits per heavy atom. The molecule has 0 saturated heterocycles. The van der Waals surface area contributed by atoms with E-state index in [0.717, 1.165) is 117 Å².